The molecule has 0 N–H and O–H groups in total. The van der Waals surface area contributed by atoms with Gasteiger partial charge in [-0.05, 0) is 105 Å². The maximum Gasteiger partial charge on any atom is 0.137 e. The van der Waals surface area contributed by atoms with E-state index in [1.54, 1.807) is 0 Å². The number of fused-ring (bicyclic) bond motifs is 9. The van der Waals surface area contributed by atoms with Gasteiger partial charge in [0.25, 0.3) is 0 Å². The Hall–Kier alpha value is -6.06. The molecule has 2 aromatic heterocycles. The van der Waals surface area contributed by atoms with Crippen molar-refractivity contribution in [1.82, 2.24) is 0 Å². The summed E-state index contributed by atoms with van der Waals surface area (Å²) in [6.07, 6.45) is 0. The van der Waals surface area contributed by atoms with Gasteiger partial charge in [-0.1, -0.05) is 120 Å². The molecule has 3 nitrogen and oxygen atoms in total. The summed E-state index contributed by atoms with van der Waals surface area (Å²) in [4.78, 5) is 2.43. The zero-order valence-electron chi connectivity index (χ0n) is 30.1. The minimum atomic E-state index is -0.189. The molecule has 3 heteroatoms. The lowest BCUT2D eigenvalue weighted by atomic mass is 9.82. The number of anilines is 3. The molecule has 252 valence electrons. The van der Waals surface area contributed by atoms with E-state index < -0.39 is 0 Å². The summed E-state index contributed by atoms with van der Waals surface area (Å²) < 4.78 is 13.0. The van der Waals surface area contributed by atoms with Gasteiger partial charge in [-0.3, -0.25) is 0 Å². The number of hydrogen-bond acceptors (Lipinski definition) is 3. The van der Waals surface area contributed by atoms with Crippen LogP contribution in [0.4, 0.5) is 17.1 Å². The summed E-state index contributed by atoms with van der Waals surface area (Å²) in [6.45, 7) is 11.5. The molecule has 0 aliphatic heterocycles. The summed E-state index contributed by atoms with van der Waals surface area (Å²) in [6, 6.07) is 52.6. The van der Waals surface area contributed by atoms with Crippen molar-refractivity contribution in [3.05, 3.63) is 162 Å². The molecule has 0 atom stereocenters. The second-order valence-corrected chi connectivity index (χ2v) is 15.8. The van der Waals surface area contributed by atoms with Crippen molar-refractivity contribution in [2.45, 2.75) is 45.4 Å². The summed E-state index contributed by atoms with van der Waals surface area (Å²) in [5.41, 5.74) is 15.6. The van der Waals surface area contributed by atoms with Gasteiger partial charge in [0.15, 0.2) is 0 Å². The predicted octanol–water partition coefficient (Wildman–Crippen LogP) is 14.2. The maximum atomic E-state index is 6.58. The molecule has 0 fully saturated rings. The Kier molecular flexibility index (Phi) is 6.48. The summed E-state index contributed by atoms with van der Waals surface area (Å²) in [5, 5.41) is 4.41. The Labute approximate surface area is 303 Å². The highest BCUT2D eigenvalue weighted by atomic mass is 16.3. The van der Waals surface area contributed by atoms with Crippen LogP contribution in [0.25, 0.3) is 66.1 Å². The summed E-state index contributed by atoms with van der Waals surface area (Å²) in [7, 11) is 0. The van der Waals surface area contributed by atoms with E-state index in [1.165, 1.54) is 38.9 Å². The van der Waals surface area contributed by atoms with E-state index in [1.807, 2.05) is 6.07 Å². The maximum absolute atomic E-state index is 6.58. The van der Waals surface area contributed by atoms with Crippen LogP contribution < -0.4 is 4.90 Å². The molecule has 0 unspecified atom stereocenters. The van der Waals surface area contributed by atoms with Crippen LogP contribution in [0.5, 0.6) is 0 Å². The third kappa shape index (κ3) is 4.52. The van der Waals surface area contributed by atoms with E-state index in [0.29, 0.717) is 0 Å². The monoisotopic (exact) mass is 673 g/mol. The van der Waals surface area contributed by atoms with E-state index in [-0.39, 0.29) is 10.8 Å². The summed E-state index contributed by atoms with van der Waals surface area (Å²) >= 11 is 0. The van der Waals surface area contributed by atoms with Gasteiger partial charge in [-0.2, -0.15) is 0 Å². The van der Waals surface area contributed by atoms with Crippen LogP contribution in [0.15, 0.2) is 154 Å². The van der Waals surface area contributed by atoms with E-state index >= 15 is 0 Å². The molecule has 0 radical (unpaired) electrons. The fourth-order valence-electron chi connectivity index (χ4n) is 8.50. The third-order valence-electron chi connectivity index (χ3n) is 11.2. The minimum Gasteiger partial charge on any atom is -0.456 e. The fourth-order valence-corrected chi connectivity index (χ4v) is 8.50. The average Bonchev–Trinajstić information content (AvgIpc) is 3.80. The van der Waals surface area contributed by atoms with E-state index in [9.17, 15) is 0 Å². The molecule has 52 heavy (non-hydrogen) atoms. The van der Waals surface area contributed by atoms with Crippen molar-refractivity contribution in [3.8, 4) is 22.3 Å². The molecule has 10 rings (SSSR count). The average molecular weight is 674 g/mol. The van der Waals surface area contributed by atoms with Crippen LogP contribution in [0.2, 0.25) is 0 Å². The molecule has 0 bridgehead atoms. The highest BCUT2D eigenvalue weighted by molar-refractivity contribution is 6.18. The zero-order chi connectivity index (χ0) is 35.4. The van der Waals surface area contributed by atoms with Gasteiger partial charge in [0, 0.05) is 21.9 Å². The smallest absolute Gasteiger partial charge is 0.137 e. The van der Waals surface area contributed by atoms with Crippen LogP contribution in [0.3, 0.4) is 0 Å². The number of rotatable bonds is 4. The van der Waals surface area contributed by atoms with Crippen molar-refractivity contribution < 1.29 is 8.83 Å². The third-order valence-corrected chi connectivity index (χ3v) is 11.2. The minimum absolute atomic E-state index is 0.00529. The lowest BCUT2D eigenvalue weighted by Crippen LogP contribution is -2.16. The molecule has 0 saturated heterocycles. The van der Waals surface area contributed by atoms with Gasteiger partial charge in [0.2, 0.25) is 0 Å². The lowest BCUT2D eigenvalue weighted by molar-refractivity contribution is 0.590. The van der Waals surface area contributed by atoms with Crippen molar-refractivity contribution in [1.29, 1.82) is 0 Å². The molecule has 9 aromatic rings. The standard InChI is InChI=1S/C49H39NO2/c1-48(2,3)32-22-26-43-37(28-32)47-41(17-12-20-45(47)52-43)50(40-16-11-19-44-46(40)35-15-9-10-18-42(35)51-44)33-23-24-34-36-27-31(30-13-7-6-8-14-30)21-25-38(36)49(4,5)39(34)29-33/h6-29H,1-5H3. The molecule has 0 spiro atoms. The molecule has 2 heterocycles. The van der Waals surface area contributed by atoms with Crippen molar-refractivity contribution in [2.75, 3.05) is 4.90 Å². The first-order chi connectivity index (χ1) is 25.2. The van der Waals surface area contributed by atoms with Crippen molar-refractivity contribution in [3.63, 3.8) is 0 Å². The summed E-state index contributed by atoms with van der Waals surface area (Å²) in [5.74, 6) is 0. The quantitative estimate of drug-likeness (QED) is 0.186. The number of furan rings is 2. The molecule has 1 aliphatic rings. The van der Waals surface area contributed by atoms with Crippen LogP contribution >= 0.6 is 0 Å². The number of hydrogen-bond donors (Lipinski definition) is 0. The van der Waals surface area contributed by atoms with E-state index in [2.05, 4.69) is 179 Å². The Morgan fingerprint density at radius 1 is 0.481 bits per heavy atom. The molecular weight excluding hydrogens is 635 g/mol. The first-order valence-corrected chi connectivity index (χ1v) is 18.2. The van der Waals surface area contributed by atoms with Gasteiger partial charge in [-0.25, -0.2) is 0 Å². The van der Waals surface area contributed by atoms with Crippen molar-refractivity contribution >= 4 is 60.9 Å². The number of benzene rings is 7. The highest BCUT2D eigenvalue weighted by Crippen LogP contribution is 2.53. The van der Waals surface area contributed by atoms with Crippen LogP contribution in [0, 0.1) is 0 Å². The molecule has 7 aromatic carbocycles. The van der Waals surface area contributed by atoms with E-state index in [4.69, 9.17) is 8.83 Å². The molecular formula is C49H39NO2. The number of nitrogens with zero attached hydrogens (tertiary/aromatic N) is 1. The van der Waals surface area contributed by atoms with Gasteiger partial charge in [-0.15, -0.1) is 0 Å². The first-order valence-electron chi connectivity index (χ1n) is 18.2. The van der Waals surface area contributed by atoms with Crippen LogP contribution in [-0.4, -0.2) is 0 Å². The van der Waals surface area contributed by atoms with Gasteiger partial charge in [0.1, 0.15) is 22.3 Å². The Balaban J connectivity index is 1.25. The van der Waals surface area contributed by atoms with Gasteiger partial charge >= 0.3 is 0 Å². The zero-order valence-corrected chi connectivity index (χ0v) is 30.1. The normalized spacial score (nSPS) is 13.6. The van der Waals surface area contributed by atoms with Crippen molar-refractivity contribution in [2.24, 2.45) is 0 Å². The molecule has 0 saturated carbocycles. The second-order valence-electron chi connectivity index (χ2n) is 15.8. The number of para-hydroxylation sites is 1. The molecule has 1 aliphatic carbocycles. The second kappa shape index (κ2) is 11.0. The topological polar surface area (TPSA) is 29.5 Å². The van der Waals surface area contributed by atoms with Crippen LogP contribution in [-0.2, 0) is 10.8 Å². The van der Waals surface area contributed by atoms with Gasteiger partial charge in [0.05, 0.1) is 22.1 Å². The highest BCUT2D eigenvalue weighted by Gasteiger charge is 2.36. The van der Waals surface area contributed by atoms with Gasteiger partial charge < -0.3 is 13.7 Å². The fraction of sp³-hybridized carbons (Fsp3) is 0.143. The molecule has 0 amide bonds. The Morgan fingerprint density at radius 2 is 1.13 bits per heavy atom. The largest absolute Gasteiger partial charge is 0.456 e. The lowest BCUT2D eigenvalue weighted by Gasteiger charge is -2.29. The Bertz CT molecular complexity index is 2860. The van der Waals surface area contributed by atoms with Crippen LogP contribution in [0.1, 0.15) is 51.3 Å². The SMILES string of the molecule is CC(C)(C)c1ccc2oc3cccc(N(c4ccc5c(c4)C(C)(C)c4ccc(-c6ccccc6)cc4-5)c4cccc5oc6ccccc6c45)c3c2c1. The first kappa shape index (κ1) is 30.7. The Morgan fingerprint density at radius 3 is 1.87 bits per heavy atom. The predicted molar refractivity (Wildman–Crippen MR) is 217 cm³/mol. The van der Waals surface area contributed by atoms with E-state index in [0.717, 1.165) is 60.9 Å².